The third-order valence-corrected chi connectivity index (χ3v) is 1.89. The molecule has 0 N–H and O–H groups in total. The number of hydrogen-bond acceptors (Lipinski definition) is 3. The third kappa shape index (κ3) is 3.72. The zero-order valence-corrected chi connectivity index (χ0v) is 7.92. The van der Waals surface area contributed by atoms with Crippen molar-refractivity contribution in [3.8, 4) is 0 Å². The van der Waals surface area contributed by atoms with Crippen LogP contribution in [0.1, 0.15) is 33.6 Å². The summed E-state index contributed by atoms with van der Waals surface area (Å²) in [7, 11) is 0. The van der Waals surface area contributed by atoms with Crippen LogP contribution in [0.5, 0.6) is 0 Å². The molecule has 0 aliphatic carbocycles. The maximum absolute atomic E-state index is 10.7. The van der Waals surface area contributed by atoms with Crippen LogP contribution in [0.2, 0.25) is 0 Å². The van der Waals surface area contributed by atoms with Gasteiger partial charge in [0.15, 0.2) is 0 Å². The van der Waals surface area contributed by atoms with Crippen LogP contribution in [-0.4, -0.2) is 24.3 Å². The predicted octanol–water partition coefficient (Wildman–Crippen LogP) is 1.51. The van der Waals surface area contributed by atoms with Gasteiger partial charge >= 0.3 is 5.97 Å². The maximum atomic E-state index is 10.7. The van der Waals surface area contributed by atoms with Crippen LogP contribution >= 0.6 is 0 Å². The fraction of sp³-hybridized carbons (Fsp3) is 0.889. The molecule has 12 heavy (non-hydrogen) atoms. The summed E-state index contributed by atoms with van der Waals surface area (Å²) in [6, 6.07) is 0. The predicted molar refractivity (Wildman–Crippen MR) is 44.8 cm³/mol. The fourth-order valence-electron chi connectivity index (χ4n) is 1.18. The van der Waals surface area contributed by atoms with Crippen molar-refractivity contribution < 1.29 is 14.3 Å². The Balaban J connectivity index is 2.20. The number of esters is 1. The Morgan fingerprint density at radius 1 is 1.67 bits per heavy atom. The van der Waals surface area contributed by atoms with E-state index in [2.05, 4.69) is 0 Å². The number of epoxide rings is 1. The van der Waals surface area contributed by atoms with Crippen molar-refractivity contribution >= 4 is 5.97 Å². The first-order valence-corrected chi connectivity index (χ1v) is 4.31. The van der Waals surface area contributed by atoms with E-state index in [1.807, 2.05) is 13.8 Å². The molecule has 3 heteroatoms. The lowest BCUT2D eigenvalue weighted by molar-refractivity contribution is -0.154. The van der Waals surface area contributed by atoms with Crippen molar-refractivity contribution in [1.29, 1.82) is 0 Å². The molecule has 1 fully saturated rings. The van der Waals surface area contributed by atoms with E-state index in [9.17, 15) is 4.79 Å². The second-order valence-electron chi connectivity index (χ2n) is 3.85. The van der Waals surface area contributed by atoms with Crippen molar-refractivity contribution in [2.45, 2.75) is 45.3 Å². The molecule has 0 aromatic carbocycles. The largest absolute Gasteiger partial charge is 0.460 e. The minimum atomic E-state index is -0.336. The van der Waals surface area contributed by atoms with Gasteiger partial charge in [-0.1, -0.05) is 0 Å². The van der Waals surface area contributed by atoms with Crippen molar-refractivity contribution in [3.63, 3.8) is 0 Å². The average Bonchev–Trinajstić information content (AvgIpc) is 2.62. The van der Waals surface area contributed by atoms with Crippen LogP contribution in [0.3, 0.4) is 0 Å². The Morgan fingerprint density at radius 2 is 2.25 bits per heavy atom. The van der Waals surface area contributed by atoms with Gasteiger partial charge in [0.1, 0.15) is 5.60 Å². The van der Waals surface area contributed by atoms with E-state index in [-0.39, 0.29) is 11.6 Å². The minimum Gasteiger partial charge on any atom is -0.460 e. The highest BCUT2D eigenvalue weighted by atomic mass is 16.6. The maximum Gasteiger partial charge on any atom is 0.303 e. The van der Waals surface area contributed by atoms with Crippen molar-refractivity contribution in [1.82, 2.24) is 0 Å². The summed E-state index contributed by atoms with van der Waals surface area (Å²) >= 11 is 0. The average molecular weight is 172 g/mol. The van der Waals surface area contributed by atoms with Crippen LogP contribution in [0.15, 0.2) is 0 Å². The standard InChI is InChI=1S/C9H16O3/c1-7(10)12-9(2,3)5-4-8-6-11-8/h8H,4-6H2,1-3H3. The number of ether oxygens (including phenoxy) is 2. The van der Waals surface area contributed by atoms with Crippen LogP contribution < -0.4 is 0 Å². The third-order valence-electron chi connectivity index (χ3n) is 1.89. The van der Waals surface area contributed by atoms with E-state index >= 15 is 0 Å². The highest BCUT2D eigenvalue weighted by molar-refractivity contribution is 5.66. The normalized spacial score (nSPS) is 22.1. The molecule has 1 saturated heterocycles. The molecule has 1 unspecified atom stereocenters. The van der Waals surface area contributed by atoms with Crippen molar-refractivity contribution in [2.75, 3.05) is 6.61 Å². The molecule has 0 saturated carbocycles. The molecule has 1 atom stereocenters. The molecule has 0 aromatic heterocycles. The summed E-state index contributed by atoms with van der Waals surface area (Å²) in [5.74, 6) is -0.211. The summed E-state index contributed by atoms with van der Waals surface area (Å²) in [6.07, 6.45) is 2.28. The molecule has 1 heterocycles. The summed E-state index contributed by atoms with van der Waals surface area (Å²) in [6.45, 7) is 6.17. The first kappa shape index (κ1) is 9.52. The van der Waals surface area contributed by atoms with Crippen molar-refractivity contribution in [3.05, 3.63) is 0 Å². The van der Waals surface area contributed by atoms with Gasteiger partial charge in [-0.15, -0.1) is 0 Å². The van der Waals surface area contributed by atoms with Gasteiger partial charge in [-0.3, -0.25) is 4.79 Å². The molecule has 0 spiro atoms. The lowest BCUT2D eigenvalue weighted by Crippen LogP contribution is -2.27. The molecule has 0 bridgehead atoms. The number of rotatable bonds is 4. The molecular formula is C9H16O3. The van der Waals surface area contributed by atoms with Crippen LogP contribution in [0.25, 0.3) is 0 Å². The highest BCUT2D eigenvalue weighted by Gasteiger charge is 2.28. The lowest BCUT2D eigenvalue weighted by Gasteiger charge is -2.23. The molecule has 1 rings (SSSR count). The molecule has 3 nitrogen and oxygen atoms in total. The van der Waals surface area contributed by atoms with Crippen LogP contribution in [0, 0.1) is 0 Å². The van der Waals surface area contributed by atoms with E-state index in [0.717, 1.165) is 19.4 Å². The molecule has 1 aliphatic rings. The fourth-order valence-corrected chi connectivity index (χ4v) is 1.18. The second-order valence-corrected chi connectivity index (χ2v) is 3.85. The van der Waals surface area contributed by atoms with Gasteiger partial charge < -0.3 is 9.47 Å². The van der Waals surface area contributed by atoms with Gasteiger partial charge in [-0.05, 0) is 26.7 Å². The van der Waals surface area contributed by atoms with Gasteiger partial charge in [-0.2, -0.15) is 0 Å². The van der Waals surface area contributed by atoms with Gasteiger partial charge in [0.25, 0.3) is 0 Å². The highest BCUT2D eigenvalue weighted by Crippen LogP contribution is 2.23. The van der Waals surface area contributed by atoms with E-state index in [0.29, 0.717) is 6.10 Å². The Kier molecular flexibility index (Phi) is 2.73. The van der Waals surface area contributed by atoms with Gasteiger partial charge in [0, 0.05) is 6.92 Å². The molecular weight excluding hydrogens is 156 g/mol. The quantitative estimate of drug-likeness (QED) is 0.476. The molecule has 70 valence electrons. The summed E-state index contributed by atoms with van der Waals surface area (Å²) in [5, 5.41) is 0. The first-order chi connectivity index (χ1) is 5.49. The second kappa shape index (κ2) is 3.44. The SMILES string of the molecule is CC(=O)OC(C)(C)CCC1CO1. The minimum absolute atomic E-state index is 0.211. The zero-order chi connectivity index (χ0) is 9.19. The zero-order valence-electron chi connectivity index (χ0n) is 7.92. The number of carbonyl (C=O) groups excluding carboxylic acids is 1. The Hall–Kier alpha value is -0.570. The molecule has 0 aromatic rings. The smallest absolute Gasteiger partial charge is 0.303 e. The number of carbonyl (C=O) groups is 1. The van der Waals surface area contributed by atoms with Crippen LogP contribution in [0.4, 0.5) is 0 Å². The van der Waals surface area contributed by atoms with E-state index in [1.165, 1.54) is 6.92 Å². The Bertz CT molecular complexity index is 171. The van der Waals surface area contributed by atoms with E-state index in [1.54, 1.807) is 0 Å². The molecule has 1 aliphatic heterocycles. The first-order valence-electron chi connectivity index (χ1n) is 4.31. The van der Waals surface area contributed by atoms with Crippen LogP contribution in [-0.2, 0) is 14.3 Å². The summed E-state index contributed by atoms with van der Waals surface area (Å²) in [4.78, 5) is 10.7. The van der Waals surface area contributed by atoms with E-state index in [4.69, 9.17) is 9.47 Å². The monoisotopic (exact) mass is 172 g/mol. The molecule has 0 amide bonds. The van der Waals surface area contributed by atoms with Gasteiger partial charge in [-0.25, -0.2) is 0 Å². The van der Waals surface area contributed by atoms with E-state index < -0.39 is 0 Å². The van der Waals surface area contributed by atoms with Gasteiger partial charge in [0.2, 0.25) is 0 Å². The molecule has 0 radical (unpaired) electrons. The topological polar surface area (TPSA) is 38.8 Å². The lowest BCUT2D eigenvalue weighted by atomic mass is 10.0. The number of hydrogen-bond donors (Lipinski definition) is 0. The van der Waals surface area contributed by atoms with Gasteiger partial charge in [0.05, 0.1) is 12.7 Å². The Morgan fingerprint density at radius 3 is 2.67 bits per heavy atom. The summed E-state index contributed by atoms with van der Waals surface area (Å²) < 4.78 is 10.2. The summed E-state index contributed by atoms with van der Waals surface area (Å²) in [5.41, 5.74) is -0.336. The Labute approximate surface area is 73.0 Å². The van der Waals surface area contributed by atoms with Crippen molar-refractivity contribution in [2.24, 2.45) is 0 Å².